The van der Waals surface area contributed by atoms with Gasteiger partial charge in [-0.25, -0.2) is 13.2 Å². The van der Waals surface area contributed by atoms with Gasteiger partial charge in [-0.05, 0) is 50.9 Å². The van der Waals surface area contributed by atoms with Crippen LogP contribution in [0.25, 0.3) is 0 Å². The van der Waals surface area contributed by atoms with Crippen LogP contribution >= 0.6 is 0 Å². The maximum atomic E-state index is 14.0. The third-order valence-corrected chi connectivity index (χ3v) is 14.2. The van der Waals surface area contributed by atoms with Crippen LogP contribution in [0.2, 0.25) is 0 Å². The second-order valence-electron chi connectivity index (χ2n) is 18.4. The molecular weight excluding hydrogens is 981 g/mol. The molecule has 28 heteroatoms. The lowest BCUT2D eigenvalue weighted by atomic mass is 9.74. The van der Waals surface area contributed by atoms with Crippen molar-refractivity contribution in [3.63, 3.8) is 0 Å². The number of aliphatic hydroxyl groups excluding tert-OH is 5. The molecule has 4 rings (SSSR count). The number of carboxylic acids is 1. The molecule has 2 saturated carbocycles. The van der Waals surface area contributed by atoms with Gasteiger partial charge >= 0.3 is 26.8 Å². The van der Waals surface area contributed by atoms with E-state index < -0.39 is 156 Å². The number of methoxy groups -OCH3 is 1. The van der Waals surface area contributed by atoms with Gasteiger partial charge in [-0.15, -0.1) is 0 Å². The quantitative estimate of drug-likeness (QED) is 0.0337. The normalized spacial score (nSPS) is 33.7. The van der Waals surface area contributed by atoms with Crippen LogP contribution in [-0.2, 0) is 76.8 Å². The lowest BCUT2D eigenvalue weighted by Gasteiger charge is -2.49. The first kappa shape index (κ1) is 59.9. The molecule has 26 nitrogen and oxygen atoms in total. The highest BCUT2D eigenvalue weighted by Gasteiger charge is 2.53. The van der Waals surface area contributed by atoms with Crippen molar-refractivity contribution in [3.05, 3.63) is 0 Å². The van der Waals surface area contributed by atoms with Gasteiger partial charge in [-0.2, -0.15) is 16.8 Å². The molecule has 2 heterocycles. The molecule has 0 aromatic heterocycles. The summed E-state index contributed by atoms with van der Waals surface area (Å²) in [4.78, 5) is 52.3. The number of hydrogen-bond acceptors (Lipinski definition) is 21. The number of amides is 2. The van der Waals surface area contributed by atoms with Gasteiger partial charge in [-0.3, -0.25) is 23.5 Å². The Hall–Kier alpha value is -2.62. The van der Waals surface area contributed by atoms with E-state index in [-0.39, 0.29) is 56.8 Å². The molecule has 0 radical (unpaired) electrons. The van der Waals surface area contributed by atoms with E-state index in [9.17, 15) is 71.2 Å². The minimum Gasteiger partial charge on any atom is -0.479 e. The predicted octanol–water partition coefficient (Wildman–Crippen LogP) is -1.32. The number of carbonyl (C=O) groups is 4. The topological polar surface area (TPSA) is 396 Å². The molecule has 4 aliphatic rings. The summed E-state index contributed by atoms with van der Waals surface area (Å²) in [5.74, 6) is -4.59. The number of carbonyl (C=O) groups excluding carboxylic acids is 3. The van der Waals surface area contributed by atoms with Crippen molar-refractivity contribution in [3.8, 4) is 0 Å². The highest BCUT2D eigenvalue weighted by Crippen LogP contribution is 2.40. The molecule has 406 valence electrons. The second kappa shape index (κ2) is 27.6. The summed E-state index contributed by atoms with van der Waals surface area (Å²) in [7, 11) is -9.55. The highest BCUT2D eigenvalue weighted by molar-refractivity contribution is 7.81. The van der Waals surface area contributed by atoms with Crippen LogP contribution in [0.1, 0.15) is 104 Å². The van der Waals surface area contributed by atoms with E-state index in [2.05, 4.69) is 19.0 Å². The first-order valence-corrected chi connectivity index (χ1v) is 26.3. The largest absolute Gasteiger partial charge is 0.479 e. The molecule has 0 aromatic carbocycles. The second-order valence-corrected chi connectivity index (χ2v) is 20.5. The zero-order chi connectivity index (χ0) is 52.1. The maximum Gasteiger partial charge on any atom is 0.398 e. The van der Waals surface area contributed by atoms with E-state index in [1.165, 1.54) is 13.8 Å². The van der Waals surface area contributed by atoms with E-state index in [1.807, 2.05) is 6.92 Å². The highest BCUT2D eigenvalue weighted by atomic mass is 32.3. The number of aliphatic carboxylic acids is 1. The molecule has 2 saturated heterocycles. The minimum atomic E-state index is -5.35. The average Bonchev–Trinajstić information content (AvgIpc) is 3.28. The average molecular weight is 1050 g/mol. The van der Waals surface area contributed by atoms with E-state index in [0.29, 0.717) is 12.8 Å². The number of Topliss-reactive ketones (excluding diaryl/α,β-unsaturated/α-hetero) is 1. The Morgan fingerprint density at radius 3 is 2.07 bits per heavy atom. The predicted molar refractivity (Wildman–Crippen MR) is 237 cm³/mol. The van der Waals surface area contributed by atoms with Crippen LogP contribution in [0, 0.1) is 17.8 Å². The summed E-state index contributed by atoms with van der Waals surface area (Å²) in [6, 6.07) is -1.38. The van der Waals surface area contributed by atoms with Gasteiger partial charge in [-0.1, -0.05) is 51.9 Å². The van der Waals surface area contributed by atoms with Crippen LogP contribution < -0.4 is 10.6 Å². The van der Waals surface area contributed by atoms with Crippen LogP contribution in [0.3, 0.4) is 0 Å². The zero-order valence-corrected chi connectivity index (χ0v) is 41.3. The van der Waals surface area contributed by atoms with E-state index in [0.717, 1.165) is 39.2 Å². The van der Waals surface area contributed by atoms with Crippen LogP contribution in [0.5, 0.6) is 0 Å². The molecule has 0 aromatic rings. The van der Waals surface area contributed by atoms with Crippen molar-refractivity contribution in [1.29, 1.82) is 0 Å². The van der Waals surface area contributed by atoms with Crippen LogP contribution in [-0.4, -0.2) is 199 Å². The number of carboxylic acid groups (broad SMARTS) is 1. The first-order chi connectivity index (χ1) is 32.9. The number of ketones is 1. The third-order valence-electron chi connectivity index (χ3n) is 13.2. The Kier molecular flexibility index (Phi) is 23.6. The van der Waals surface area contributed by atoms with Gasteiger partial charge in [0.25, 0.3) is 5.91 Å². The van der Waals surface area contributed by atoms with Crippen molar-refractivity contribution in [2.75, 3.05) is 26.9 Å². The molecule has 0 spiro atoms. The van der Waals surface area contributed by atoms with E-state index >= 15 is 0 Å². The number of unbranched alkanes of at least 4 members (excludes halogenated alkanes) is 2. The molecule has 4 fully saturated rings. The lowest BCUT2D eigenvalue weighted by Crippen LogP contribution is -2.67. The summed E-state index contributed by atoms with van der Waals surface area (Å²) >= 11 is 0. The molecule has 0 bridgehead atoms. The molecule has 17 atom stereocenters. The fourth-order valence-corrected chi connectivity index (χ4v) is 10.6. The summed E-state index contributed by atoms with van der Waals surface area (Å²) in [5.41, 5.74) is 0. The SMILES string of the molecule is CCC1CC(C(=O)CCCCCNC(=O)[C@H](OS(=O)(=O)O)[C@H](COC)OS(=O)(=O)O)C[C@@H](O[C@@H]2O[C@@H](CO)[C@H](O)C(O[C@@H](CC3CCCCC3)C(=O)O)C2NC(C)=O)[C@@H]1O[C@@H]1OC(C)[C@@H](O)[C@H](O)C1O. The number of nitrogens with one attached hydrogen (secondary N) is 2. The third kappa shape index (κ3) is 17.8. The summed E-state index contributed by atoms with van der Waals surface area (Å²) < 4.78 is 108. The van der Waals surface area contributed by atoms with Gasteiger partial charge in [0.15, 0.2) is 24.8 Å². The molecular formula is C42H72N2O24S2. The molecule has 10 N–H and O–H groups in total. The number of rotatable bonds is 27. The smallest absolute Gasteiger partial charge is 0.398 e. The monoisotopic (exact) mass is 1050 g/mol. The zero-order valence-electron chi connectivity index (χ0n) is 39.6. The Labute approximate surface area is 407 Å². The lowest BCUT2D eigenvalue weighted by molar-refractivity contribution is -0.338. The molecule has 70 heavy (non-hydrogen) atoms. The first-order valence-electron chi connectivity index (χ1n) is 23.6. The van der Waals surface area contributed by atoms with Crippen molar-refractivity contribution < 1.29 is 113 Å². The fraction of sp³-hybridized carbons (Fsp3) is 0.905. The van der Waals surface area contributed by atoms with Crippen molar-refractivity contribution in [1.82, 2.24) is 10.6 Å². The summed E-state index contributed by atoms with van der Waals surface area (Å²) in [5, 5.41) is 69.1. The minimum absolute atomic E-state index is 0.00660. The number of ether oxygens (including phenoxy) is 6. The van der Waals surface area contributed by atoms with Gasteiger partial charge in [0.2, 0.25) is 5.91 Å². The fourth-order valence-electron chi connectivity index (χ4n) is 9.63. The Bertz CT molecular complexity index is 1910. The Morgan fingerprint density at radius 2 is 1.49 bits per heavy atom. The van der Waals surface area contributed by atoms with Crippen molar-refractivity contribution >= 4 is 44.4 Å². The number of aliphatic hydroxyl groups is 5. The van der Waals surface area contributed by atoms with Gasteiger partial charge in [0.1, 0.15) is 54.6 Å². The molecule has 2 aliphatic carbocycles. The summed E-state index contributed by atoms with van der Waals surface area (Å²) in [6.07, 6.45) is -15.5. The molecule has 2 amide bonds. The van der Waals surface area contributed by atoms with Crippen LogP contribution in [0.4, 0.5) is 0 Å². The molecule has 6 unspecified atom stereocenters. The Morgan fingerprint density at radius 1 is 0.814 bits per heavy atom. The van der Waals surface area contributed by atoms with E-state index in [4.69, 9.17) is 33.0 Å². The van der Waals surface area contributed by atoms with Crippen LogP contribution in [0.15, 0.2) is 0 Å². The maximum absolute atomic E-state index is 14.0. The van der Waals surface area contributed by atoms with Gasteiger partial charge in [0.05, 0.1) is 31.5 Å². The van der Waals surface area contributed by atoms with Crippen molar-refractivity contribution in [2.24, 2.45) is 17.8 Å². The standard InChI is InChI=1S/C42H72N2O24S2/c1-5-24-17-25(26(47)14-10-7-11-15-43-39(52)37(68-70(58,59)60)30(20-61-4)67-69(55,56)57)18-27(36(24)66-42-35(51)34(50)32(48)21(2)62-42)64-41-31(44-22(3)46)38(33(49)29(19-45)65-41)63-28(40(53)54)16-23-12-8-6-9-13-23/h21,23-25,27-38,41-42,45,48-51H,5-20H2,1-4H3,(H,43,52)(H,44,46)(H,53,54)(H,55,56,57)(H,58,59,60)/t21?,24?,25?,27-,28+,29+,30+,31?,32-,33+,34+,35?,36-,37-,38?,41-,42+/m1/s1. The van der Waals surface area contributed by atoms with Crippen molar-refractivity contribution in [2.45, 2.75) is 196 Å². The van der Waals surface area contributed by atoms with E-state index in [1.54, 1.807) is 0 Å². The number of hydrogen-bond donors (Lipinski definition) is 10. The van der Waals surface area contributed by atoms with Gasteiger partial charge in [0, 0.05) is 32.9 Å². The van der Waals surface area contributed by atoms with Gasteiger partial charge < -0.3 is 69.7 Å². The Balaban J connectivity index is 1.54. The molecule has 2 aliphatic heterocycles. The summed E-state index contributed by atoms with van der Waals surface area (Å²) in [6.45, 7) is 2.75.